The third-order valence-electron chi connectivity index (χ3n) is 5.49. The lowest BCUT2D eigenvalue weighted by Crippen LogP contribution is -2.54. The van der Waals surface area contributed by atoms with E-state index in [1.165, 1.54) is 11.0 Å². The van der Waals surface area contributed by atoms with Crippen molar-refractivity contribution in [3.8, 4) is 22.8 Å². The molecule has 1 N–H and O–H groups in total. The summed E-state index contributed by atoms with van der Waals surface area (Å²) in [6.07, 6.45) is 1.53. The van der Waals surface area contributed by atoms with Crippen molar-refractivity contribution in [2.75, 3.05) is 4.90 Å². The topological polar surface area (TPSA) is 71.8 Å². The van der Waals surface area contributed by atoms with Crippen LogP contribution >= 0.6 is 12.2 Å². The summed E-state index contributed by atoms with van der Waals surface area (Å²) >= 11 is 5.31. The minimum Gasteiger partial charge on any atom is -0.461 e. The van der Waals surface area contributed by atoms with Gasteiger partial charge in [0.05, 0.1) is 5.69 Å². The Morgan fingerprint density at radius 2 is 1.51 bits per heavy atom. The molecule has 0 radical (unpaired) electrons. The number of anilines is 1. The number of ether oxygens (including phenoxy) is 1. The first-order valence-electron chi connectivity index (χ1n) is 10.9. The van der Waals surface area contributed by atoms with Gasteiger partial charge in [0.25, 0.3) is 11.8 Å². The molecular weight excluding hydrogens is 460 g/mol. The molecule has 0 aliphatic carbocycles. The van der Waals surface area contributed by atoms with E-state index in [0.29, 0.717) is 34.3 Å². The summed E-state index contributed by atoms with van der Waals surface area (Å²) in [5.74, 6) is 1.49. The van der Waals surface area contributed by atoms with Crippen LogP contribution in [0.25, 0.3) is 17.4 Å². The number of rotatable bonds is 5. The minimum absolute atomic E-state index is 0.0165. The summed E-state index contributed by atoms with van der Waals surface area (Å²) in [5, 5.41) is 2.62. The van der Waals surface area contributed by atoms with Gasteiger partial charge in [-0.3, -0.25) is 19.8 Å². The lowest BCUT2D eigenvalue weighted by molar-refractivity contribution is -0.122. The number of hydrogen-bond acceptors (Lipinski definition) is 5. The van der Waals surface area contributed by atoms with Crippen molar-refractivity contribution in [2.24, 2.45) is 0 Å². The Hall–Kier alpha value is -4.49. The van der Waals surface area contributed by atoms with Gasteiger partial charge in [-0.15, -0.1) is 0 Å². The van der Waals surface area contributed by atoms with E-state index in [1.807, 2.05) is 66.7 Å². The van der Waals surface area contributed by atoms with Crippen LogP contribution in [0.4, 0.5) is 5.69 Å². The lowest BCUT2D eigenvalue weighted by atomic mass is 10.1. The van der Waals surface area contributed by atoms with E-state index in [0.717, 1.165) is 5.56 Å². The summed E-state index contributed by atoms with van der Waals surface area (Å²) in [6, 6.07) is 27.7. The molecule has 2 heterocycles. The number of benzene rings is 3. The van der Waals surface area contributed by atoms with Gasteiger partial charge in [0.2, 0.25) is 0 Å². The molecule has 0 spiro atoms. The molecule has 35 heavy (non-hydrogen) atoms. The molecule has 0 unspecified atom stereocenters. The van der Waals surface area contributed by atoms with Crippen LogP contribution in [0.5, 0.6) is 11.5 Å². The monoisotopic (exact) mass is 480 g/mol. The molecule has 2 amide bonds. The Morgan fingerprint density at radius 1 is 0.886 bits per heavy atom. The summed E-state index contributed by atoms with van der Waals surface area (Å²) < 4.78 is 11.7. The number of thiocarbonyl (C=S) groups is 1. The predicted octanol–water partition coefficient (Wildman–Crippen LogP) is 5.88. The molecule has 1 saturated heterocycles. The maximum absolute atomic E-state index is 13.4. The smallest absolute Gasteiger partial charge is 0.270 e. The van der Waals surface area contributed by atoms with E-state index >= 15 is 0 Å². The average Bonchev–Trinajstić information content (AvgIpc) is 3.24. The second-order valence-corrected chi connectivity index (χ2v) is 8.24. The fraction of sp³-hybridized carbons (Fsp3) is 0.0357. The first kappa shape index (κ1) is 22.3. The van der Waals surface area contributed by atoms with Crippen molar-refractivity contribution in [3.05, 3.63) is 108 Å². The number of carbonyl (C=O) groups is 2. The van der Waals surface area contributed by atoms with Crippen LogP contribution in [0.2, 0.25) is 0 Å². The zero-order chi connectivity index (χ0) is 24.4. The molecule has 0 atom stereocenters. The summed E-state index contributed by atoms with van der Waals surface area (Å²) in [4.78, 5) is 27.3. The fourth-order valence-electron chi connectivity index (χ4n) is 3.72. The Kier molecular flexibility index (Phi) is 5.99. The maximum Gasteiger partial charge on any atom is 0.270 e. The van der Waals surface area contributed by atoms with Crippen LogP contribution in [0, 0.1) is 6.92 Å². The van der Waals surface area contributed by atoms with Gasteiger partial charge in [-0.25, -0.2) is 0 Å². The van der Waals surface area contributed by atoms with E-state index in [2.05, 4.69) is 5.32 Å². The summed E-state index contributed by atoms with van der Waals surface area (Å²) in [6.45, 7) is 1.79. The molecule has 7 heteroatoms. The minimum atomic E-state index is -0.554. The van der Waals surface area contributed by atoms with Crippen LogP contribution in [-0.4, -0.2) is 16.9 Å². The van der Waals surface area contributed by atoms with Gasteiger partial charge in [0.1, 0.15) is 28.6 Å². The predicted molar refractivity (Wildman–Crippen MR) is 138 cm³/mol. The average molecular weight is 481 g/mol. The van der Waals surface area contributed by atoms with Crippen molar-refractivity contribution < 1.29 is 18.7 Å². The van der Waals surface area contributed by atoms with Gasteiger partial charge >= 0.3 is 0 Å². The summed E-state index contributed by atoms with van der Waals surface area (Å²) in [7, 11) is 0. The zero-order valence-corrected chi connectivity index (χ0v) is 19.5. The number of furan rings is 1. The molecule has 4 aromatic rings. The molecule has 172 valence electrons. The molecule has 0 bridgehead atoms. The van der Waals surface area contributed by atoms with Crippen LogP contribution in [0.3, 0.4) is 0 Å². The molecular formula is C28H20N2O4S. The highest BCUT2D eigenvalue weighted by atomic mass is 32.1. The van der Waals surface area contributed by atoms with Gasteiger partial charge in [0.15, 0.2) is 5.11 Å². The molecule has 1 aromatic heterocycles. The highest BCUT2D eigenvalue weighted by Gasteiger charge is 2.34. The fourth-order valence-corrected chi connectivity index (χ4v) is 4.00. The van der Waals surface area contributed by atoms with E-state index in [4.69, 9.17) is 21.4 Å². The Labute approximate surface area is 207 Å². The van der Waals surface area contributed by atoms with Gasteiger partial charge in [-0.2, -0.15) is 0 Å². The van der Waals surface area contributed by atoms with Crippen molar-refractivity contribution in [1.29, 1.82) is 0 Å². The first-order valence-corrected chi connectivity index (χ1v) is 11.3. The van der Waals surface area contributed by atoms with Gasteiger partial charge in [-0.1, -0.05) is 48.5 Å². The molecule has 1 aliphatic rings. The van der Waals surface area contributed by atoms with Crippen molar-refractivity contribution in [3.63, 3.8) is 0 Å². The quantitative estimate of drug-likeness (QED) is 0.219. The number of nitrogens with one attached hydrogen (secondary N) is 1. The SMILES string of the molecule is Cc1oc(-c2ccccc2)cc1/C=C1/C(=O)NC(=S)N(c2ccc(Oc3ccccc3)cc2)C1=O. The van der Waals surface area contributed by atoms with E-state index in [1.54, 1.807) is 31.2 Å². The summed E-state index contributed by atoms with van der Waals surface area (Å²) in [5.41, 5.74) is 2.02. The Bertz CT molecular complexity index is 1440. The van der Waals surface area contributed by atoms with Crippen molar-refractivity contribution in [2.45, 2.75) is 6.92 Å². The second-order valence-electron chi connectivity index (χ2n) is 7.86. The number of amides is 2. The van der Waals surface area contributed by atoms with Gasteiger partial charge in [0, 0.05) is 11.1 Å². The molecule has 6 nitrogen and oxygen atoms in total. The van der Waals surface area contributed by atoms with Crippen LogP contribution in [0.15, 0.2) is 101 Å². The lowest BCUT2D eigenvalue weighted by Gasteiger charge is -2.29. The van der Waals surface area contributed by atoms with Crippen LogP contribution in [-0.2, 0) is 9.59 Å². The molecule has 1 aliphatic heterocycles. The molecule has 1 fully saturated rings. The van der Waals surface area contributed by atoms with Crippen LogP contribution in [0.1, 0.15) is 11.3 Å². The third kappa shape index (κ3) is 4.62. The van der Waals surface area contributed by atoms with E-state index in [9.17, 15) is 9.59 Å². The van der Waals surface area contributed by atoms with Gasteiger partial charge < -0.3 is 9.15 Å². The Balaban J connectivity index is 1.42. The number of hydrogen-bond donors (Lipinski definition) is 1. The van der Waals surface area contributed by atoms with E-state index in [-0.39, 0.29) is 10.7 Å². The van der Waals surface area contributed by atoms with Crippen molar-refractivity contribution in [1.82, 2.24) is 5.32 Å². The molecule has 5 rings (SSSR count). The number of nitrogens with zero attached hydrogens (tertiary/aromatic N) is 1. The highest BCUT2D eigenvalue weighted by molar-refractivity contribution is 7.80. The molecule has 0 saturated carbocycles. The maximum atomic E-state index is 13.4. The number of carbonyl (C=O) groups excluding carboxylic acids is 2. The highest BCUT2D eigenvalue weighted by Crippen LogP contribution is 2.29. The Morgan fingerprint density at radius 3 is 2.20 bits per heavy atom. The van der Waals surface area contributed by atoms with Gasteiger partial charge in [-0.05, 0) is 67.7 Å². The number of aryl methyl sites for hydroxylation is 1. The third-order valence-corrected chi connectivity index (χ3v) is 5.77. The number of para-hydroxylation sites is 1. The second kappa shape index (κ2) is 9.40. The molecule has 3 aromatic carbocycles. The zero-order valence-electron chi connectivity index (χ0n) is 18.7. The standard InChI is InChI=1S/C28H20N2O4S/c1-18-20(17-25(33-18)19-8-4-2-5-9-19)16-24-26(31)29-28(35)30(27(24)32)21-12-14-23(15-13-21)34-22-10-6-3-7-11-22/h2-17H,1H3,(H,29,31,35)/b24-16-. The van der Waals surface area contributed by atoms with E-state index < -0.39 is 11.8 Å². The first-order chi connectivity index (χ1) is 17.0. The largest absolute Gasteiger partial charge is 0.461 e. The normalized spacial score (nSPS) is 14.8. The van der Waals surface area contributed by atoms with Crippen LogP contribution < -0.4 is 15.0 Å². The van der Waals surface area contributed by atoms with Crippen molar-refractivity contribution >= 4 is 40.9 Å².